The monoisotopic (exact) mass is 321 g/mol. The summed E-state index contributed by atoms with van der Waals surface area (Å²) in [5.41, 5.74) is 2.43. The van der Waals surface area contributed by atoms with Crippen LogP contribution in [0.5, 0.6) is 0 Å². The molecule has 0 spiro atoms. The molecule has 0 aromatic carbocycles. The van der Waals surface area contributed by atoms with E-state index in [1.165, 1.54) is 24.5 Å². The molecule has 0 aliphatic carbocycles. The number of rotatable bonds is 3. The predicted molar refractivity (Wildman–Crippen MR) is 84.0 cm³/mol. The summed E-state index contributed by atoms with van der Waals surface area (Å²) >= 11 is 0. The van der Waals surface area contributed by atoms with Gasteiger partial charge >= 0.3 is 0 Å². The van der Waals surface area contributed by atoms with Gasteiger partial charge in [-0.25, -0.2) is 4.52 Å². The number of furan rings is 1. The van der Waals surface area contributed by atoms with Crippen LogP contribution in [0, 0.1) is 5.21 Å². The van der Waals surface area contributed by atoms with Gasteiger partial charge in [0.1, 0.15) is 5.56 Å². The van der Waals surface area contributed by atoms with Crippen LogP contribution < -0.4 is 10.0 Å². The van der Waals surface area contributed by atoms with E-state index in [-0.39, 0.29) is 11.5 Å². The van der Waals surface area contributed by atoms with Gasteiger partial charge in [0.2, 0.25) is 5.95 Å². The lowest BCUT2D eigenvalue weighted by atomic mass is 10.2. The summed E-state index contributed by atoms with van der Waals surface area (Å²) in [5, 5.41) is 18.1. The number of carbonyl (C=O) groups excluding carboxylic acids is 1. The largest absolute Gasteiger partial charge is 0.619 e. The Morgan fingerprint density at radius 1 is 1.25 bits per heavy atom. The molecule has 118 valence electrons. The number of pyridine rings is 2. The quantitative estimate of drug-likeness (QED) is 0.459. The van der Waals surface area contributed by atoms with Crippen LogP contribution in [0.15, 0.2) is 65.7 Å². The molecule has 0 saturated carbocycles. The van der Waals surface area contributed by atoms with Crippen molar-refractivity contribution in [3.63, 3.8) is 0 Å². The van der Waals surface area contributed by atoms with Gasteiger partial charge in [-0.2, -0.15) is 9.71 Å². The third-order valence-corrected chi connectivity index (χ3v) is 3.44. The summed E-state index contributed by atoms with van der Waals surface area (Å²) in [5.74, 6) is -0.307. The molecular weight excluding hydrogens is 310 g/mol. The SMILES string of the molecule is O=C(Nc1nc2cccc(-c3ccoc3)n2n1)c1ccc[n+]([O-])c1. The molecule has 0 aliphatic heterocycles. The first kappa shape index (κ1) is 13.9. The summed E-state index contributed by atoms with van der Waals surface area (Å²) in [6.45, 7) is 0. The van der Waals surface area contributed by atoms with E-state index in [1.807, 2.05) is 18.2 Å². The van der Waals surface area contributed by atoms with Crippen molar-refractivity contribution in [1.29, 1.82) is 0 Å². The molecule has 0 aliphatic rings. The van der Waals surface area contributed by atoms with Gasteiger partial charge < -0.3 is 9.62 Å². The number of hydrogen-bond acceptors (Lipinski definition) is 5. The van der Waals surface area contributed by atoms with Crippen molar-refractivity contribution in [2.45, 2.75) is 0 Å². The van der Waals surface area contributed by atoms with Gasteiger partial charge in [0.25, 0.3) is 5.91 Å². The normalized spacial score (nSPS) is 10.8. The number of aromatic nitrogens is 4. The number of nitrogens with zero attached hydrogens (tertiary/aromatic N) is 4. The number of nitrogens with one attached hydrogen (secondary N) is 1. The van der Waals surface area contributed by atoms with E-state index < -0.39 is 5.91 Å². The van der Waals surface area contributed by atoms with Crippen LogP contribution in [-0.4, -0.2) is 20.5 Å². The lowest BCUT2D eigenvalue weighted by Gasteiger charge is -2.01. The zero-order chi connectivity index (χ0) is 16.5. The summed E-state index contributed by atoms with van der Waals surface area (Å²) in [6.07, 6.45) is 5.66. The van der Waals surface area contributed by atoms with Crippen molar-refractivity contribution in [2.75, 3.05) is 5.32 Å². The summed E-state index contributed by atoms with van der Waals surface area (Å²) in [6, 6.07) is 10.3. The number of anilines is 1. The van der Waals surface area contributed by atoms with Crippen molar-refractivity contribution in [3.8, 4) is 11.3 Å². The Morgan fingerprint density at radius 3 is 2.96 bits per heavy atom. The maximum Gasteiger partial charge on any atom is 0.264 e. The van der Waals surface area contributed by atoms with Crippen LogP contribution in [0.1, 0.15) is 10.4 Å². The second-order valence-corrected chi connectivity index (χ2v) is 5.04. The molecule has 0 fully saturated rings. The Morgan fingerprint density at radius 2 is 2.17 bits per heavy atom. The summed E-state index contributed by atoms with van der Waals surface area (Å²) in [4.78, 5) is 16.5. The highest BCUT2D eigenvalue weighted by molar-refractivity contribution is 6.03. The molecule has 4 aromatic heterocycles. The first-order valence-electron chi connectivity index (χ1n) is 7.09. The van der Waals surface area contributed by atoms with Crippen LogP contribution >= 0.6 is 0 Å². The topological polar surface area (TPSA) is 99.4 Å². The molecule has 0 radical (unpaired) electrons. The number of hydrogen-bond donors (Lipinski definition) is 1. The molecule has 0 bridgehead atoms. The Labute approximate surface area is 135 Å². The second kappa shape index (κ2) is 5.51. The molecule has 8 nitrogen and oxygen atoms in total. The molecule has 8 heteroatoms. The van der Waals surface area contributed by atoms with Gasteiger partial charge in [-0.3, -0.25) is 10.1 Å². The van der Waals surface area contributed by atoms with Gasteiger partial charge in [0, 0.05) is 11.6 Å². The molecule has 0 saturated heterocycles. The predicted octanol–water partition coefficient (Wildman–Crippen LogP) is 1.87. The summed E-state index contributed by atoms with van der Waals surface area (Å²) < 4.78 is 7.26. The van der Waals surface area contributed by atoms with Gasteiger partial charge in [-0.05, 0) is 24.3 Å². The highest BCUT2D eigenvalue weighted by atomic mass is 16.5. The number of fused-ring (bicyclic) bond motifs is 1. The molecule has 1 amide bonds. The zero-order valence-electron chi connectivity index (χ0n) is 12.3. The van der Waals surface area contributed by atoms with E-state index in [2.05, 4.69) is 15.4 Å². The van der Waals surface area contributed by atoms with Crippen molar-refractivity contribution in [3.05, 3.63) is 72.1 Å². The van der Waals surface area contributed by atoms with Gasteiger partial charge in [-0.1, -0.05) is 6.07 Å². The van der Waals surface area contributed by atoms with E-state index in [1.54, 1.807) is 23.1 Å². The molecule has 4 rings (SSSR count). The third-order valence-electron chi connectivity index (χ3n) is 3.44. The van der Waals surface area contributed by atoms with Crippen LogP contribution in [0.25, 0.3) is 16.9 Å². The van der Waals surface area contributed by atoms with Crippen LogP contribution in [0.3, 0.4) is 0 Å². The molecule has 4 aromatic rings. The van der Waals surface area contributed by atoms with Gasteiger partial charge in [0.15, 0.2) is 18.0 Å². The molecule has 1 N–H and O–H groups in total. The number of amides is 1. The van der Waals surface area contributed by atoms with E-state index in [9.17, 15) is 10.0 Å². The van der Waals surface area contributed by atoms with E-state index in [4.69, 9.17) is 4.42 Å². The molecular formula is C16H11N5O3. The Bertz CT molecular complexity index is 1020. The van der Waals surface area contributed by atoms with Crippen LogP contribution in [0.4, 0.5) is 5.95 Å². The van der Waals surface area contributed by atoms with Gasteiger partial charge in [-0.15, -0.1) is 5.10 Å². The molecule has 4 heterocycles. The fourth-order valence-corrected chi connectivity index (χ4v) is 2.35. The molecule has 24 heavy (non-hydrogen) atoms. The number of carbonyl (C=O) groups is 1. The average Bonchev–Trinajstić information content (AvgIpc) is 3.23. The Hall–Kier alpha value is -3.68. The highest BCUT2D eigenvalue weighted by Gasteiger charge is 2.14. The maximum absolute atomic E-state index is 12.2. The average molecular weight is 321 g/mol. The zero-order valence-corrected chi connectivity index (χ0v) is 12.3. The lowest BCUT2D eigenvalue weighted by Crippen LogP contribution is -2.27. The van der Waals surface area contributed by atoms with E-state index >= 15 is 0 Å². The van der Waals surface area contributed by atoms with E-state index in [0.29, 0.717) is 10.4 Å². The maximum atomic E-state index is 12.2. The van der Waals surface area contributed by atoms with Crippen LogP contribution in [-0.2, 0) is 0 Å². The van der Waals surface area contributed by atoms with Crippen molar-refractivity contribution in [2.24, 2.45) is 0 Å². The first-order chi connectivity index (χ1) is 11.7. The first-order valence-corrected chi connectivity index (χ1v) is 7.09. The van der Waals surface area contributed by atoms with Crippen molar-refractivity contribution >= 4 is 17.5 Å². The smallest absolute Gasteiger partial charge is 0.264 e. The van der Waals surface area contributed by atoms with Crippen molar-refractivity contribution in [1.82, 2.24) is 14.6 Å². The minimum absolute atomic E-state index is 0.150. The third kappa shape index (κ3) is 2.45. The Kier molecular flexibility index (Phi) is 3.20. The van der Waals surface area contributed by atoms with E-state index in [0.717, 1.165) is 11.3 Å². The second-order valence-electron chi connectivity index (χ2n) is 5.04. The minimum Gasteiger partial charge on any atom is -0.619 e. The highest BCUT2D eigenvalue weighted by Crippen LogP contribution is 2.21. The molecule has 0 atom stereocenters. The Balaban J connectivity index is 1.68. The standard InChI is InChI=1S/C16H11N5O3/c22-15(11-3-2-7-20(23)9-11)18-16-17-14-5-1-4-13(21(14)19-16)12-6-8-24-10-12/h1-10H,(H,18,19,22). The molecule has 0 unspecified atom stereocenters. The van der Waals surface area contributed by atoms with Gasteiger partial charge in [0.05, 0.1) is 18.2 Å². The van der Waals surface area contributed by atoms with Crippen molar-refractivity contribution < 1.29 is 13.9 Å². The summed E-state index contributed by atoms with van der Waals surface area (Å²) in [7, 11) is 0. The fraction of sp³-hybridized carbons (Fsp3) is 0. The minimum atomic E-state index is -0.457. The van der Waals surface area contributed by atoms with Crippen LogP contribution in [0.2, 0.25) is 0 Å². The lowest BCUT2D eigenvalue weighted by molar-refractivity contribution is -0.605. The fourth-order valence-electron chi connectivity index (χ4n) is 2.35.